The second kappa shape index (κ2) is 5.34. The van der Waals surface area contributed by atoms with Gasteiger partial charge in [-0.15, -0.1) is 0 Å². The summed E-state index contributed by atoms with van der Waals surface area (Å²) in [5.74, 6) is 1.06. The quantitative estimate of drug-likeness (QED) is 0.791. The zero-order valence-corrected chi connectivity index (χ0v) is 10.4. The Bertz CT molecular complexity index is 613. The molecule has 1 aromatic heterocycles. The van der Waals surface area contributed by atoms with Gasteiger partial charge in [0, 0.05) is 6.07 Å². The number of nitrogens with zero attached hydrogens (tertiary/aromatic N) is 1. The Kier molecular flexibility index (Phi) is 3.60. The van der Waals surface area contributed by atoms with Crippen molar-refractivity contribution in [2.45, 2.75) is 0 Å². The Morgan fingerprint density at radius 3 is 2.67 bits per heavy atom. The van der Waals surface area contributed by atoms with Gasteiger partial charge in [-0.1, -0.05) is 11.3 Å². The van der Waals surface area contributed by atoms with E-state index in [4.69, 9.17) is 14.7 Å². The summed E-state index contributed by atoms with van der Waals surface area (Å²) < 4.78 is 10.7. The smallest absolute Gasteiger partial charge is 0.181 e. The number of methoxy groups -OCH3 is 1. The molecule has 0 fully saturated rings. The average Bonchev–Trinajstić information content (AvgIpc) is 2.85. The maximum Gasteiger partial charge on any atom is 0.181 e. The Morgan fingerprint density at radius 1 is 1.28 bits per heavy atom. The van der Waals surface area contributed by atoms with Crippen LogP contribution in [-0.4, -0.2) is 13.4 Å². The molecule has 0 saturated heterocycles. The zero-order chi connectivity index (χ0) is 13.0. The molecule has 0 amide bonds. The Labute approximate surface area is 108 Å². The standard InChI is InChI=1S/C13H9NO3S/c1-16-10-4-9(7-14)5-11(6-10)17-13-3-2-12(8-15)18-13/h2-6,8H,1H3. The van der Waals surface area contributed by atoms with E-state index in [-0.39, 0.29) is 0 Å². The first kappa shape index (κ1) is 12.1. The minimum Gasteiger partial charge on any atom is -0.497 e. The molecule has 0 bridgehead atoms. The van der Waals surface area contributed by atoms with Crippen LogP contribution in [0.3, 0.4) is 0 Å². The van der Waals surface area contributed by atoms with Gasteiger partial charge in [0.05, 0.1) is 23.6 Å². The van der Waals surface area contributed by atoms with Crippen LogP contribution in [0, 0.1) is 11.3 Å². The van der Waals surface area contributed by atoms with Crippen LogP contribution >= 0.6 is 11.3 Å². The third kappa shape index (κ3) is 2.67. The molecule has 2 aromatic rings. The number of carbonyl (C=O) groups excluding carboxylic acids is 1. The number of hydrogen-bond donors (Lipinski definition) is 0. The second-order valence-electron chi connectivity index (χ2n) is 3.39. The summed E-state index contributed by atoms with van der Waals surface area (Å²) in [4.78, 5) is 11.2. The van der Waals surface area contributed by atoms with Gasteiger partial charge in [0.2, 0.25) is 0 Å². The Morgan fingerprint density at radius 2 is 2.06 bits per heavy atom. The number of carbonyl (C=O) groups is 1. The van der Waals surface area contributed by atoms with Crippen molar-refractivity contribution in [3.63, 3.8) is 0 Å². The van der Waals surface area contributed by atoms with Crippen molar-refractivity contribution in [2.75, 3.05) is 7.11 Å². The van der Waals surface area contributed by atoms with Crippen molar-refractivity contribution < 1.29 is 14.3 Å². The molecule has 90 valence electrons. The fourth-order valence-corrected chi connectivity index (χ4v) is 2.07. The summed E-state index contributed by atoms with van der Waals surface area (Å²) in [5, 5.41) is 9.48. The van der Waals surface area contributed by atoms with E-state index in [0.29, 0.717) is 27.0 Å². The van der Waals surface area contributed by atoms with Crippen LogP contribution in [0.2, 0.25) is 0 Å². The number of rotatable bonds is 4. The molecule has 5 heteroatoms. The summed E-state index contributed by atoms with van der Waals surface area (Å²) in [6, 6.07) is 10.3. The second-order valence-corrected chi connectivity index (χ2v) is 4.46. The zero-order valence-electron chi connectivity index (χ0n) is 9.54. The number of ether oxygens (including phenoxy) is 2. The van der Waals surface area contributed by atoms with Gasteiger partial charge in [-0.3, -0.25) is 4.79 Å². The van der Waals surface area contributed by atoms with Gasteiger partial charge in [0.15, 0.2) is 11.3 Å². The third-order valence-electron chi connectivity index (χ3n) is 2.18. The number of thiophene rings is 1. The summed E-state index contributed by atoms with van der Waals surface area (Å²) in [5.41, 5.74) is 0.455. The van der Waals surface area contributed by atoms with E-state index in [1.807, 2.05) is 6.07 Å². The molecule has 0 spiro atoms. The van der Waals surface area contributed by atoms with Crippen molar-refractivity contribution in [3.05, 3.63) is 40.8 Å². The number of hydrogen-bond acceptors (Lipinski definition) is 5. The minimum atomic E-state index is 0.455. The molecule has 0 aliphatic rings. The molecule has 4 nitrogen and oxygen atoms in total. The maximum atomic E-state index is 10.6. The molecule has 0 aliphatic heterocycles. The van der Waals surface area contributed by atoms with E-state index in [0.717, 1.165) is 6.29 Å². The van der Waals surface area contributed by atoms with Gasteiger partial charge >= 0.3 is 0 Å². The molecular formula is C13H9NO3S. The SMILES string of the molecule is COc1cc(C#N)cc(Oc2ccc(C=O)s2)c1. The Hall–Kier alpha value is -2.32. The van der Waals surface area contributed by atoms with E-state index >= 15 is 0 Å². The highest BCUT2D eigenvalue weighted by Crippen LogP contribution is 2.31. The molecule has 1 aromatic carbocycles. The monoisotopic (exact) mass is 259 g/mol. The van der Waals surface area contributed by atoms with Crippen LogP contribution in [0.4, 0.5) is 0 Å². The molecular weight excluding hydrogens is 250 g/mol. The predicted octanol–water partition coefficient (Wildman–Crippen LogP) is 3.23. The summed E-state index contributed by atoms with van der Waals surface area (Å²) in [7, 11) is 1.52. The lowest BCUT2D eigenvalue weighted by Gasteiger charge is -2.06. The number of benzene rings is 1. The van der Waals surface area contributed by atoms with Crippen LogP contribution in [-0.2, 0) is 0 Å². The van der Waals surface area contributed by atoms with E-state index < -0.39 is 0 Å². The van der Waals surface area contributed by atoms with E-state index in [1.54, 1.807) is 30.3 Å². The highest BCUT2D eigenvalue weighted by atomic mass is 32.1. The van der Waals surface area contributed by atoms with Gasteiger partial charge in [-0.2, -0.15) is 5.26 Å². The predicted molar refractivity (Wildman–Crippen MR) is 67.5 cm³/mol. The molecule has 0 saturated carbocycles. The molecule has 0 N–H and O–H groups in total. The number of nitriles is 1. The van der Waals surface area contributed by atoms with Gasteiger partial charge in [-0.25, -0.2) is 0 Å². The topological polar surface area (TPSA) is 59.3 Å². The van der Waals surface area contributed by atoms with E-state index in [1.165, 1.54) is 18.4 Å². The van der Waals surface area contributed by atoms with Crippen LogP contribution in [0.1, 0.15) is 15.2 Å². The van der Waals surface area contributed by atoms with Crippen molar-refractivity contribution in [1.29, 1.82) is 5.26 Å². The van der Waals surface area contributed by atoms with Crippen molar-refractivity contribution in [1.82, 2.24) is 0 Å². The van der Waals surface area contributed by atoms with Crippen LogP contribution in [0.5, 0.6) is 16.6 Å². The van der Waals surface area contributed by atoms with E-state index in [2.05, 4.69) is 0 Å². The highest BCUT2D eigenvalue weighted by Gasteiger charge is 2.05. The van der Waals surface area contributed by atoms with Crippen LogP contribution in [0.15, 0.2) is 30.3 Å². The molecule has 0 aliphatic carbocycles. The summed E-state index contributed by atoms with van der Waals surface area (Å²) in [6.45, 7) is 0. The van der Waals surface area contributed by atoms with Crippen molar-refractivity contribution in [2.24, 2.45) is 0 Å². The van der Waals surface area contributed by atoms with Gasteiger partial charge in [0.1, 0.15) is 11.5 Å². The van der Waals surface area contributed by atoms with Gasteiger partial charge in [0.25, 0.3) is 0 Å². The first-order chi connectivity index (χ1) is 8.75. The normalized spacial score (nSPS) is 9.56. The van der Waals surface area contributed by atoms with Crippen LogP contribution < -0.4 is 9.47 Å². The average molecular weight is 259 g/mol. The first-order valence-electron chi connectivity index (χ1n) is 5.07. The third-order valence-corrected chi connectivity index (χ3v) is 3.07. The summed E-state index contributed by atoms with van der Waals surface area (Å²) >= 11 is 1.24. The highest BCUT2D eigenvalue weighted by molar-refractivity contribution is 7.15. The molecule has 0 atom stereocenters. The van der Waals surface area contributed by atoms with Crippen LogP contribution in [0.25, 0.3) is 0 Å². The molecule has 2 rings (SSSR count). The molecule has 0 unspecified atom stereocenters. The fraction of sp³-hybridized carbons (Fsp3) is 0.0769. The Balaban J connectivity index is 2.28. The van der Waals surface area contributed by atoms with Gasteiger partial charge < -0.3 is 9.47 Å². The molecule has 0 radical (unpaired) electrons. The van der Waals surface area contributed by atoms with Crippen molar-refractivity contribution in [3.8, 4) is 22.6 Å². The lowest BCUT2D eigenvalue weighted by atomic mass is 10.2. The largest absolute Gasteiger partial charge is 0.497 e. The maximum absolute atomic E-state index is 10.6. The van der Waals surface area contributed by atoms with Gasteiger partial charge in [-0.05, 0) is 24.3 Å². The lowest BCUT2D eigenvalue weighted by molar-refractivity contribution is 0.112. The fourth-order valence-electron chi connectivity index (χ4n) is 1.38. The first-order valence-corrected chi connectivity index (χ1v) is 5.89. The van der Waals surface area contributed by atoms with Crippen molar-refractivity contribution >= 4 is 17.6 Å². The molecule has 1 heterocycles. The summed E-state index contributed by atoms with van der Waals surface area (Å²) in [6.07, 6.45) is 0.768. The number of aldehydes is 1. The van der Waals surface area contributed by atoms with E-state index in [9.17, 15) is 4.79 Å². The molecule has 18 heavy (non-hydrogen) atoms. The minimum absolute atomic E-state index is 0.455. The lowest BCUT2D eigenvalue weighted by Crippen LogP contribution is -1.87.